The number of nitrogens with zero attached hydrogens (tertiary/aromatic N) is 1. The minimum Gasteiger partial charge on any atom is -0.452 e. The molecule has 0 fully saturated rings. The number of benzene rings is 2. The lowest BCUT2D eigenvalue weighted by atomic mass is 9.97. The van der Waals surface area contributed by atoms with Crippen LogP contribution in [0, 0.1) is 16.0 Å². The second kappa shape index (κ2) is 9.85. The van der Waals surface area contributed by atoms with Gasteiger partial charge in [-0.3, -0.25) is 14.9 Å². The molecule has 0 aromatic heterocycles. The molecule has 0 saturated heterocycles. The van der Waals surface area contributed by atoms with E-state index in [1.807, 2.05) is 44.2 Å². The molecule has 0 aliphatic carbocycles. The molecule has 0 bridgehead atoms. The number of hydrogen-bond acceptors (Lipinski definition) is 5. The third kappa shape index (κ3) is 6.06. The van der Waals surface area contributed by atoms with Crippen LogP contribution < -0.4 is 5.32 Å². The van der Waals surface area contributed by atoms with E-state index in [0.29, 0.717) is 12.3 Å². The van der Waals surface area contributed by atoms with Crippen molar-refractivity contribution in [3.63, 3.8) is 0 Å². The van der Waals surface area contributed by atoms with Gasteiger partial charge in [0.2, 0.25) is 0 Å². The van der Waals surface area contributed by atoms with Crippen molar-refractivity contribution < 1.29 is 19.2 Å². The molecule has 0 aliphatic heterocycles. The fourth-order valence-corrected chi connectivity index (χ4v) is 2.87. The Balaban J connectivity index is 2.03. The summed E-state index contributed by atoms with van der Waals surface area (Å²) < 4.78 is 4.96. The first-order valence-corrected chi connectivity index (χ1v) is 9.11. The number of nitrogens with one attached hydrogen (secondary N) is 1. The second-order valence-electron chi connectivity index (χ2n) is 6.66. The standard InChI is InChI=1S/C20H21ClN2O5/c1-13(2)10-17(14-6-4-3-5-7-14)22-19(24)12-28-20(25)16-9-8-15(21)11-18(16)23(26)27/h3-9,11,13,17H,10,12H2,1-2H3,(H,22,24)/t17-/m0/s1. The van der Waals surface area contributed by atoms with Gasteiger partial charge in [0, 0.05) is 11.1 Å². The van der Waals surface area contributed by atoms with Crippen molar-refractivity contribution in [3.05, 3.63) is 74.8 Å². The first kappa shape index (κ1) is 21.4. The molecule has 2 aromatic carbocycles. The molecule has 0 saturated carbocycles. The minimum absolute atomic E-state index is 0.125. The number of hydrogen-bond donors (Lipinski definition) is 1. The lowest BCUT2D eigenvalue weighted by molar-refractivity contribution is -0.385. The summed E-state index contributed by atoms with van der Waals surface area (Å²) in [5.74, 6) is -1.11. The highest BCUT2D eigenvalue weighted by Gasteiger charge is 2.23. The molecule has 7 nitrogen and oxygen atoms in total. The van der Waals surface area contributed by atoms with E-state index in [1.54, 1.807) is 0 Å². The van der Waals surface area contributed by atoms with E-state index in [1.165, 1.54) is 12.1 Å². The van der Waals surface area contributed by atoms with Gasteiger partial charge >= 0.3 is 5.97 Å². The molecule has 0 aliphatic rings. The summed E-state index contributed by atoms with van der Waals surface area (Å²) in [5.41, 5.74) is 0.216. The van der Waals surface area contributed by atoms with Gasteiger partial charge in [-0.1, -0.05) is 55.8 Å². The molecule has 0 spiro atoms. The zero-order chi connectivity index (χ0) is 20.7. The van der Waals surface area contributed by atoms with E-state index in [2.05, 4.69) is 5.32 Å². The van der Waals surface area contributed by atoms with Crippen LogP contribution in [0.1, 0.15) is 42.2 Å². The van der Waals surface area contributed by atoms with Gasteiger partial charge in [0.25, 0.3) is 11.6 Å². The Labute approximate surface area is 167 Å². The molecule has 2 rings (SSSR count). The number of nitro benzene ring substituents is 1. The highest BCUT2D eigenvalue weighted by atomic mass is 35.5. The van der Waals surface area contributed by atoms with Gasteiger partial charge in [-0.05, 0) is 30.0 Å². The van der Waals surface area contributed by atoms with Gasteiger partial charge in [-0.2, -0.15) is 0 Å². The lowest BCUT2D eigenvalue weighted by Crippen LogP contribution is -2.33. The third-order valence-electron chi connectivity index (χ3n) is 3.96. The molecule has 0 heterocycles. The van der Waals surface area contributed by atoms with Crippen LogP contribution in [0.15, 0.2) is 48.5 Å². The van der Waals surface area contributed by atoms with Gasteiger partial charge in [0.1, 0.15) is 5.56 Å². The van der Waals surface area contributed by atoms with Crippen LogP contribution in [0.25, 0.3) is 0 Å². The Bertz CT molecular complexity index is 855. The third-order valence-corrected chi connectivity index (χ3v) is 4.19. The highest BCUT2D eigenvalue weighted by Crippen LogP contribution is 2.24. The molecule has 1 amide bonds. The topological polar surface area (TPSA) is 98.5 Å². The summed E-state index contributed by atoms with van der Waals surface area (Å²) in [4.78, 5) is 34.8. The van der Waals surface area contributed by atoms with E-state index in [4.69, 9.17) is 16.3 Å². The van der Waals surface area contributed by atoms with Gasteiger partial charge in [-0.25, -0.2) is 4.79 Å². The van der Waals surface area contributed by atoms with E-state index < -0.39 is 29.1 Å². The van der Waals surface area contributed by atoms with Gasteiger partial charge in [0.15, 0.2) is 6.61 Å². The first-order valence-electron chi connectivity index (χ1n) is 8.73. The van der Waals surface area contributed by atoms with Crippen LogP contribution in [0.5, 0.6) is 0 Å². The van der Waals surface area contributed by atoms with Crippen molar-refractivity contribution in [2.45, 2.75) is 26.3 Å². The lowest BCUT2D eigenvalue weighted by Gasteiger charge is -2.21. The van der Waals surface area contributed by atoms with E-state index in [0.717, 1.165) is 11.6 Å². The average Bonchev–Trinajstić information content (AvgIpc) is 2.65. The Morgan fingerprint density at radius 1 is 1.18 bits per heavy atom. The van der Waals surface area contributed by atoms with E-state index in [-0.39, 0.29) is 16.6 Å². The summed E-state index contributed by atoms with van der Waals surface area (Å²) in [6.45, 7) is 3.55. The molecule has 8 heteroatoms. The Morgan fingerprint density at radius 2 is 1.86 bits per heavy atom. The molecular formula is C20H21ClN2O5. The normalized spacial score (nSPS) is 11.7. The SMILES string of the molecule is CC(C)C[C@H](NC(=O)COC(=O)c1ccc(Cl)cc1[N+](=O)[O-])c1ccccc1. The molecule has 1 atom stereocenters. The largest absolute Gasteiger partial charge is 0.452 e. The number of nitro groups is 1. The van der Waals surface area contributed by atoms with Crippen LogP contribution in [0.4, 0.5) is 5.69 Å². The zero-order valence-corrected chi connectivity index (χ0v) is 16.3. The van der Waals surface area contributed by atoms with Crippen LogP contribution in [0.3, 0.4) is 0 Å². The number of carbonyl (C=O) groups is 2. The number of rotatable bonds is 8. The summed E-state index contributed by atoms with van der Waals surface area (Å²) >= 11 is 5.73. The first-order chi connectivity index (χ1) is 13.3. The predicted octanol–water partition coefficient (Wildman–Crippen LogP) is 4.31. The van der Waals surface area contributed by atoms with Crippen molar-refractivity contribution in [1.82, 2.24) is 5.32 Å². The predicted molar refractivity (Wildman–Crippen MR) is 105 cm³/mol. The Morgan fingerprint density at radius 3 is 2.46 bits per heavy atom. The molecule has 148 valence electrons. The maximum Gasteiger partial charge on any atom is 0.345 e. The fourth-order valence-electron chi connectivity index (χ4n) is 2.71. The van der Waals surface area contributed by atoms with Crippen LogP contribution in [-0.2, 0) is 9.53 Å². The minimum atomic E-state index is -0.960. The van der Waals surface area contributed by atoms with Crippen LogP contribution >= 0.6 is 11.6 Å². The van der Waals surface area contributed by atoms with Crippen LogP contribution in [0.2, 0.25) is 5.02 Å². The highest BCUT2D eigenvalue weighted by molar-refractivity contribution is 6.31. The number of ether oxygens (including phenoxy) is 1. The summed E-state index contributed by atoms with van der Waals surface area (Å²) in [5, 5.41) is 14.1. The van der Waals surface area contributed by atoms with Crippen molar-refractivity contribution in [2.24, 2.45) is 5.92 Å². The molecule has 0 radical (unpaired) electrons. The average molecular weight is 405 g/mol. The van der Waals surface area contributed by atoms with Crippen molar-refractivity contribution in [2.75, 3.05) is 6.61 Å². The molecular weight excluding hydrogens is 384 g/mol. The smallest absolute Gasteiger partial charge is 0.345 e. The maximum atomic E-state index is 12.3. The van der Waals surface area contributed by atoms with Crippen molar-refractivity contribution in [3.8, 4) is 0 Å². The quantitative estimate of drug-likeness (QED) is 0.401. The zero-order valence-electron chi connectivity index (χ0n) is 15.6. The van der Waals surface area contributed by atoms with Gasteiger partial charge in [-0.15, -0.1) is 0 Å². The maximum absolute atomic E-state index is 12.3. The van der Waals surface area contributed by atoms with Crippen molar-refractivity contribution >= 4 is 29.2 Å². The Kier molecular flexibility index (Phi) is 7.52. The molecule has 1 N–H and O–H groups in total. The van der Waals surface area contributed by atoms with E-state index in [9.17, 15) is 19.7 Å². The monoisotopic (exact) mass is 404 g/mol. The molecule has 0 unspecified atom stereocenters. The van der Waals surface area contributed by atoms with Crippen LogP contribution in [-0.4, -0.2) is 23.4 Å². The van der Waals surface area contributed by atoms with Gasteiger partial charge in [0.05, 0.1) is 11.0 Å². The molecule has 28 heavy (non-hydrogen) atoms. The summed E-state index contributed by atoms with van der Waals surface area (Å²) in [7, 11) is 0. The number of carbonyl (C=O) groups excluding carboxylic acids is 2. The number of esters is 1. The van der Waals surface area contributed by atoms with Gasteiger partial charge < -0.3 is 10.1 Å². The van der Waals surface area contributed by atoms with Crippen molar-refractivity contribution in [1.29, 1.82) is 0 Å². The summed E-state index contributed by atoms with van der Waals surface area (Å²) in [6, 6.07) is 12.9. The Hall–Kier alpha value is -2.93. The van der Waals surface area contributed by atoms with E-state index >= 15 is 0 Å². The summed E-state index contributed by atoms with van der Waals surface area (Å²) in [6.07, 6.45) is 0.715. The number of halogens is 1. The number of amides is 1. The fraction of sp³-hybridized carbons (Fsp3) is 0.300. The molecule has 2 aromatic rings. The second-order valence-corrected chi connectivity index (χ2v) is 7.09.